The molecule has 5 unspecified atom stereocenters. The van der Waals surface area contributed by atoms with Crippen LogP contribution in [0, 0.1) is 11.8 Å². The number of rotatable bonds is 4. The quantitative estimate of drug-likeness (QED) is 0.559. The van der Waals surface area contributed by atoms with E-state index in [4.69, 9.17) is 9.47 Å². The maximum Gasteiger partial charge on any atom is 0.334 e. The zero-order valence-electron chi connectivity index (χ0n) is 15.8. The molecule has 148 valence electrons. The highest BCUT2D eigenvalue weighted by atomic mass is 16.6. The lowest BCUT2D eigenvalue weighted by Crippen LogP contribution is -2.40. The topological polar surface area (TPSA) is 110 Å². The molecule has 0 aromatic carbocycles. The molecule has 1 saturated heterocycles. The van der Waals surface area contributed by atoms with Crippen molar-refractivity contribution in [3.8, 4) is 0 Å². The predicted molar refractivity (Wildman–Crippen MR) is 96.4 cm³/mol. The van der Waals surface area contributed by atoms with Gasteiger partial charge in [-0.05, 0) is 31.6 Å². The SMILES string of the molecule is C=C1C(=O)OC2C=C(CO)C(=O)C=CC(C)(O)CC(OC(=O)C(C)CC)C12. The number of hydrogen-bond acceptors (Lipinski definition) is 7. The fraction of sp³-hybridized carbons (Fsp3) is 0.550. The molecule has 0 aromatic heterocycles. The lowest BCUT2D eigenvalue weighted by atomic mass is 9.82. The normalized spacial score (nSPS) is 32.4. The number of esters is 2. The van der Waals surface area contributed by atoms with E-state index >= 15 is 0 Å². The van der Waals surface area contributed by atoms with Gasteiger partial charge in [-0.3, -0.25) is 9.59 Å². The maximum absolute atomic E-state index is 12.4. The van der Waals surface area contributed by atoms with E-state index < -0.39 is 48.1 Å². The second-order valence-electron chi connectivity index (χ2n) is 7.31. The van der Waals surface area contributed by atoms with E-state index in [0.29, 0.717) is 6.42 Å². The van der Waals surface area contributed by atoms with Crippen LogP contribution in [0.25, 0.3) is 0 Å². The summed E-state index contributed by atoms with van der Waals surface area (Å²) in [5.74, 6) is -2.73. The Morgan fingerprint density at radius 1 is 1.48 bits per heavy atom. The summed E-state index contributed by atoms with van der Waals surface area (Å²) in [6.07, 6.45) is 2.53. The Morgan fingerprint density at radius 2 is 2.15 bits per heavy atom. The third-order valence-corrected chi connectivity index (χ3v) is 5.00. The van der Waals surface area contributed by atoms with Crippen LogP contribution < -0.4 is 0 Å². The van der Waals surface area contributed by atoms with E-state index in [2.05, 4.69) is 6.58 Å². The first-order valence-corrected chi connectivity index (χ1v) is 8.97. The molecule has 0 saturated carbocycles. The number of fused-ring (bicyclic) bond motifs is 1. The number of aliphatic hydroxyl groups excluding tert-OH is 1. The Balaban J connectivity index is 2.50. The van der Waals surface area contributed by atoms with Gasteiger partial charge in [0, 0.05) is 17.6 Å². The molecule has 2 N–H and O–H groups in total. The van der Waals surface area contributed by atoms with Crippen LogP contribution in [0.1, 0.15) is 33.6 Å². The fourth-order valence-corrected chi connectivity index (χ4v) is 3.10. The summed E-state index contributed by atoms with van der Waals surface area (Å²) in [7, 11) is 0. The van der Waals surface area contributed by atoms with Crippen LogP contribution in [0.15, 0.2) is 36.0 Å². The minimum atomic E-state index is -1.48. The van der Waals surface area contributed by atoms with Gasteiger partial charge in [-0.1, -0.05) is 20.4 Å². The Labute approximate surface area is 158 Å². The van der Waals surface area contributed by atoms with E-state index in [0.717, 1.165) is 6.08 Å². The lowest BCUT2D eigenvalue weighted by molar-refractivity contribution is -0.159. The first-order chi connectivity index (χ1) is 12.6. The molecule has 1 fully saturated rings. The number of carbonyl (C=O) groups excluding carboxylic acids is 3. The smallest absolute Gasteiger partial charge is 0.334 e. The summed E-state index contributed by atoms with van der Waals surface area (Å²) < 4.78 is 10.9. The minimum absolute atomic E-state index is 0.0217. The van der Waals surface area contributed by atoms with Crippen LogP contribution in [0.4, 0.5) is 0 Å². The third kappa shape index (κ3) is 4.73. The number of ether oxygens (including phenoxy) is 2. The van der Waals surface area contributed by atoms with E-state index in [9.17, 15) is 24.6 Å². The number of carbonyl (C=O) groups is 3. The molecule has 2 rings (SSSR count). The summed E-state index contributed by atoms with van der Waals surface area (Å²) in [5, 5.41) is 20.2. The number of aliphatic hydroxyl groups is 2. The van der Waals surface area contributed by atoms with E-state index in [1.807, 2.05) is 6.92 Å². The van der Waals surface area contributed by atoms with E-state index in [1.54, 1.807) is 6.92 Å². The van der Waals surface area contributed by atoms with Crippen molar-refractivity contribution in [2.24, 2.45) is 11.8 Å². The highest BCUT2D eigenvalue weighted by Crippen LogP contribution is 2.37. The van der Waals surface area contributed by atoms with E-state index in [1.165, 1.54) is 19.1 Å². The maximum atomic E-state index is 12.4. The van der Waals surface area contributed by atoms with Gasteiger partial charge in [-0.25, -0.2) is 4.79 Å². The molecule has 0 spiro atoms. The van der Waals surface area contributed by atoms with Gasteiger partial charge in [0.25, 0.3) is 0 Å². The van der Waals surface area contributed by atoms with Gasteiger partial charge in [-0.15, -0.1) is 0 Å². The van der Waals surface area contributed by atoms with Crippen LogP contribution in [-0.2, 0) is 23.9 Å². The van der Waals surface area contributed by atoms with E-state index in [-0.39, 0.29) is 23.5 Å². The number of ketones is 1. The second kappa shape index (κ2) is 8.19. The molecule has 1 aliphatic carbocycles. The molecule has 1 heterocycles. The zero-order chi connectivity index (χ0) is 20.4. The molecule has 0 amide bonds. The summed E-state index contributed by atoms with van der Waals surface area (Å²) in [5.41, 5.74) is -1.36. The molecular formula is C20H26O7. The van der Waals surface area contributed by atoms with Gasteiger partial charge >= 0.3 is 11.9 Å². The van der Waals surface area contributed by atoms with Gasteiger partial charge < -0.3 is 19.7 Å². The average molecular weight is 378 g/mol. The van der Waals surface area contributed by atoms with Gasteiger partial charge in [0.2, 0.25) is 0 Å². The molecule has 0 aromatic rings. The monoisotopic (exact) mass is 378 g/mol. The number of allylic oxidation sites excluding steroid dienone is 1. The Bertz CT molecular complexity index is 701. The molecule has 27 heavy (non-hydrogen) atoms. The summed E-state index contributed by atoms with van der Waals surface area (Å²) in [6, 6.07) is 0. The molecule has 5 atom stereocenters. The van der Waals surface area contributed by atoms with Gasteiger partial charge in [0.15, 0.2) is 5.78 Å². The van der Waals surface area contributed by atoms with Crippen LogP contribution >= 0.6 is 0 Å². The summed E-state index contributed by atoms with van der Waals surface area (Å²) in [6.45, 7) is 8.24. The lowest BCUT2D eigenvalue weighted by Gasteiger charge is -2.32. The second-order valence-corrected chi connectivity index (χ2v) is 7.31. The van der Waals surface area contributed by atoms with Crippen molar-refractivity contribution in [2.45, 2.75) is 51.4 Å². The minimum Gasteiger partial charge on any atom is -0.461 e. The molecule has 1 aliphatic heterocycles. The van der Waals surface area contributed by atoms with Crippen molar-refractivity contribution in [1.29, 1.82) is 0 Å². The molecule has 0 bridgehead atoms. The first-order valence-electron chi connectivity index (χ1n) is 8.97. The van der Waals surface area contributed by atoms with Crippen LogP contribution in [-0.4, -0.2) is 52.4 Å². The Kier molecular flexibility index (Phi) is 6.38. The summed E-state index contributed by atoms with van der Waals surface area (Å²) >= 11 is 0. The van der Waals surface area contributed by atoms with Gasteiger partial charge in [0.05, 0.1) is 24.0 Å². The Hall–Kier alpha value is -2.25. The van der Waals surface area contributed by atoms with Crippen molar-refractivity contribution in [3.05, 3.63) is 36.0 Å². The predicted octanol–water partition coefficient (Wildman–Crippen LogP) is 1.24. The number of hydrogen-bond donors (Lipinski definition) is 2. The first kappa shape index (κ1) is 21.1. The fourth-order valence-electron chi connectivity index (χ4n) is 3.10. The van der Waals surface area contributed by atoms with Crippen molar-refractivity contribution in [3.63, 3.8) is 0 Å². The van der Waals surface area contributed by atoms with Crippen molar-refractivity contribution >= 4 is 17.7 Å². The highest BCUT2D eigenvalue weighted by Gasteiger charge is 2.46. The molecule has 2 aliphatic rings. The largest absolute Gasteiger partial charge is 0.461 e. The highest BCUT2D eigenvalue weighted by molar-refractivity contribution is 6.04. The van der Waals surface area contributed by atoms with Crippen LogP contribution in [0.5, 0.6) is 0 Å². The Morgan fingerprint density at radius 3 is 2.74 bits per heavy atom. The third-order valence-electron chi connectivity index (χ3n) is 5.00. The van der Waals surface area contributed by atoms with Crippen molar-refractivity contribution in [2.75, 3.05) is 6.61 Å². The van der Waals surface area contributed by atoms with Gasteiger partial charge in [0.1, 0.15) is 12.2 Å². The molecular weight excluding hydrogens is 352 g/mol. The molecule has 7 heteroatoms. The standard InChI is InChI=1S/C20H26O7/c1-5-11(2)18(23)27-16-9-20(4,25)7-6-14(22)13(10-21)8-15-17(16)12(3)19(24)26-15/h6-8,11,15-17,21,25H,3,5,9-10H2,1-2,4H3. The van der Waals surface area contributed by atoms with Crippen molar-refractivity contribution in [1.82, 2.24) is 0 Å². The van der Waals surface area contributed by atoms with Crippen molar-refractivity contribution < 1.29 is 34.1 Å². The molecule has 0 radical (unpaired) electrons. The van der Waals surface area contributed by atoms with Crippen LogP contribution in [0.2, 0.25) is 0 Å². The average Bonchev–Trinajstić information content (AvgIpc) is 2.89. The summed E-state index contributed by atoms with van der Waals surface area (Å²) in [4.78, 5) is 36.7. The zero-order valence-corrected chi connectivity index (χ0v) is 15.8. The van der Waals surface area contributed by atoms with Crippen LogP contribution in [0.3, 0.4) is 0 Å². The van der Waals surface area contributed by atoms with Gasteiger partial charge in [-0.2, -0.15) is 0 Å². The molecule has 7 nitrogen and oxygen atoms in total.